The first kappa shape index (κ1) is 21.1. The minimum absolute atomic E-state index is 0.0177. The molecular formula is C29H26N2O2. The maximum Gasteiger partial charge on any atom is 0.167 e. The molecule has 0 fully saturated rings. The summed E-state index contributed by atoms with van der Waals surface area (Å²) in [4.78, 5) is 29.8. The van der Waals surface area contributed by atoms with Gasteiger partial charge in [0.15, 0.2) is 11.6 Å². The third kappa shape index (κ3) is 4.85. The number of carbonyl (C=O) groups is 2. The van der Waals surface area contributed by atoms with Gasteiger partial charge < -0.3 is 4.40 Å². The molecule has 0 radical (unpaired) electrons. The predicted octanol–water partition coefficient (Wildman–Crippen LogP) is 5.19. The van der Waals surface area contributed by atoms with E-state index in [1.807, 2.05) is 53.1 Å². The van der Waals surface area contributed by atoms with Gasteiger partial charge in [-0.1, -0.05) is 60.7 Å². The van der Waals surface area contributed by atoms with Crippen LogP contribution in [0.3, 0.4) is 0 Å². The fourth-order valence-corrected chi connectivity index (χ4v) is 4.46. The Morgan fingerprint density at radius 1 is 0.909 bits per heavy atom. The van der Waals surface area contributed by atoms with Crippen LogP contribution in [-0.4, -0.2) is 21.0 Å². The van der Waals surface area contributed by atoms with E-state index in [-0.39, 0.29) is 17.5 Å². The largest absolute Gasteiger partial charge is 0.307 e. The Morgan fingerprint density at radius 2 is 1.76 bits per heavy atom. The average molecular weight is 435 g/mol. The molecule has 5 rings (SSSR count). The Balaban J connectivity index is 1.19. The van der Waals surface area contributed by atoms with Gasteiger partial charge in [0.1, 0.15) is 5.65 Å². The SMILES string of the molecule is O=C(CCc1cn2cc(CCCc3ccccc3)ccc2n1)C1=CC(=O)C2C=CC=CC2=C1. The lowest BCUT2D eigenvalue weighted by Crippen LogP contribution is -2.19. The molecule has 1 aromatic carbocycles. The first-order chi connectivity index (χ1) is 16.2. The van der Waals surface area contributed by atoms with Gasteiger partial charge in [-0.15, -0.1) is 0 Å². The number of Topliss-reactive ketones (excluding diaryl/α,β-unsaturated/α-hetero) is 1. The number of carbonyl (C=O) groups excluding carboxylic acids is 2. The molecule has 0 N–H and O–H groups in total. The normalized spacial score (nSPS) is 17.1. The summed E-state index contributed by atoms with van der Waals surface area (Å²) < 4.78 is 2.05. The van der Waals surface area contributed by atoms with Crippen molar-refractivity contribution in [3.8, 4) is 0 Å². The molecule has 4 nitrogen and oxygen atoms in total. The summed E-state index contributed by atoms with van der Waals surface area (Å²) >= 11 is 0. The molecule has 2 heterocycles. The quantitative estimate of drug-likeness (QED) is 0.490. The summed E-state index contributed by atoms with van der Waals surface area (Å²) in [5, 5.41) is 0. The topological polar surface area (TPSA) is 51.4 Å². The van der Waals surface area contributed by atoms with Crippen LogP contribution < -0.4 is 0 Å². The molecule has 4 heteroatoms. The first-order valence-corrected chi connectivity index (χ1v) is 11.5. The number of rotatable bonds is 8. The highest BCUT2D eigenvalue weighted by Crippen LogP contribution is 2.27. The fraction of sp³-hybridized carbons (Fsp3) is 0.207. The number of nitrogens with zero attached hydrogens (tertiary/aromatic N) is 2. The number of hydrogen-bond donors (Lipinski definition) is 0. The van der Waals surface area contributed by atoms with E-state index in [4.69, 9.17) is 0 Å². The summed E-state index contributed by atoms with van der Waals surface area (Å²) in [6, 6.07) is 14.7. The van der Waals surface area contributed by atoms with Crippen LogP contribution in [-0.2, 0) is 28.9 Å². The number of aryl methyl sites for hydroxylation is 3. The molecule has 2 aromatic heterocycles. The van der Waals surface area contributed by atoms with Gasteiger partial charge in [0.25, 0.3) is 0 Å². The van der Waals surface area contributed by atoms with Crippen molar-refractivity contribution in [1.82, 2.24) is 9.38 Å². The van der Waals surface area contributed by atoms with Crippen LogP contribution in [0.5, 0.6) is 0 Å². The lowest BCUT2D eigenvalue weighted by molar-refractivity contribution is -0.118. The number of benzene rings is 1. The lowest BCUT2D eigenvalue weighted by atomic mass is 9.83. The lowest BCUT2D eigenvalue weighted by Gasteiger charge is -2.19. The summed E-state index contributed by atoms with van der Waals surface area (Å²) in [7, 11) is 0. The number of allylic oxidation sites excluding steroid dienone is 8. The van der Waals surface area contributed by atoms with E-state index in [1.165, 1.54) is 17.2 Å². The molecule has 33 heavy (non-hydrogen) atoms. The van der Waals surface area contributed by atoms with Crippen LogP contribution >= 0.6 is 0 Å². The third-order valence-electron chi connectivity index (χ3n) is 6.26. The van der Waals surface area contributed by atoms with Gasteiger partial charge in [-0.25, -0.2) is 4.98 Å². The van der Waals surface area contributed by atoms with E-state index in [0.717, 1.165) is 36.2 Å². The summed E-state index contributed by atoms with van der Waals surface area (Å²) in [5.41, 5.74) is 5.81. The maximum absolute atomic E-state index is 12.8. The monoisotopic (exact) mass is 434 g/mol. The molecule has 0 saturated heterocycles. The van der Waals surface area contributed by atoms with Gasteiger partial charge in [-0.2, -0.15) is 0 Å². The Kier molecular flexibility index (Phi) is 5.99. The van der Waals surface area contributed by atoms with Crippen molar-refractivity contribution in [2.75, 3.05) is 0 Å². The van der Waals surface area contributed by atoms with Crippen molar-refractivity contribution in [2.45, 2.75) is 32.1 Å². The summed E-state index contributed by atoms with van der Waals surface area (Å²) in [6.07, 6.45) is 19.1. The Labute approximate surface area is 193 Å². The summed E-state index contributed by atoms with van der Waals surface area (Å²) in [5.74, 6) is -0.285. The van der Waals surface area contributed by atoms with Gasteiger partial charge in [0, 0.05) is 24.4 Å². The second kappa shape index (κ2) is 9.37. The molecule has 164 valence electrons. The summed E-state index contributed by atoms with van der Waals surface area (Å²) in [6.45, 7) is 0. The highest BCUT2D eigenvalue weighted by Gasteiger charge is 2.25. The number of ketones is 2. The van der Waals surface area contributed by atoms with Crippen molar-refractivity contribution >= 4 is 17.2 Å². The Bertz CT molecular complexity index is 1320. The molecule has 0 aliphatic heterocycles. The van der Waals surface area contributed by atoms with Crippen LogP contribution in [0, 0.1) is 5.92 Å². The van der Waals surface area contributed by atoms with Crippen LogP contribution in [0.1, 0.15) is 29.7 Å². The van der Waals surface area contributed by atoms with E-state index >= 15 is 0 Å². The molecule has 2 aliphatic rings. The number of fused-ring (bicyclic) bond motifs is 2. The van der Waals surface area contributed by atoms with E-state index in [0.29, 0.717) is 18.4 Å². The zero-order valence-corrected chi connectivity index (χ0v) is 18.5. The van der Waals surface area contributed by atoms with Crippen molar-refractivity contribution in [1.29, 1.82) is 0 Å². The van der Waals surface area contributed by atoms with Crippen LogP contribution in [0.2, 0.25) is 0 Å². The molecule has 0 saturated carbocycles. The average Bonchev–Trinajstić information content (AvgIpc) is 3.25. The minimum Gasteiger partial charge on any atom is -0.307 e. The van der Waals surface area contributed by atoms with Crippen molar-refractivity contribution in [2.24, 2.45) is 5.92 Å². The number of imidazole rings is 1. The Hall–Kier alpha value is -3.79. The van der Waals surface area contributed by atoms with E-state index in [9.17, 15) is 9.59 Å². The zero-order chi connectivity index (χ0) is 22.6. The second-order valence-electron chi connectivity index (χ2n) is 8.67. The smallest absolute Gasteiger partial charge is 0.167 e. The molecule has 1 unspecified atom stereocenters. The third-order valence-corrected chi connectivity index (χ3v) is 6.26. The van der Waals surface area contributed by atoms with Crippen molar-refractivity contribution < 1.29 is 9.59 Å². The fourth-order valence-electron chi connectivity index (χ4n) is 4.46. The van der Waals surface area contributed by atoms with Crippen LogP contribution in [0.4, 0.5) is 0 Å². The Morgan fingerprint density at radius 3 is 2.64 bits per heavy atom. The van der Waals surface area contributed by atoms with Gasteiger partial charge in [-0.05, 0) is 60.6 Å². The highest BCUT2D eigenvalue weighted by atomic mass is 16.1. The van der Waals surface area contributed by atoms with Gasteiger partial charge in [0.05, 0.1) is 11.6 Å². The number of aromatic nitrogens is 2. The molecule has 0 bridgehead atoms. The van der Waals surface area contributed by atoms with Gasteiger partial charge in [-0.3, -0.25) is 9.59 Å². The molecule has 0 spiro atoms. The van der Waals surface area contributed by atoms with Crippen LogP contribution in [0.15, 0.2) is 102 Å². The van der Waals surface area contributed by atoms with E-state index < -0.39 is 0 Å². The van der Waals surface area contributed by atoms with Crippen LogP contribution in [0.25, 0.3) is 5.65 Å². The van der Waals surface area contributed by atoms with Crippen molar-refractivity contribution in [3.05, 3.63) is 119 Å². The zero-order valence-electron chi connectivity index (χ0n) is 18.5. The first-order valence-electron chi connectivity index (χ1n) is 11.5. The van der Waals surface area contributed by atoms with E-state index in [1.54, 1.807) is 0 Å². The minimum atomic E-state index is -0.244. The highest BCUT2D eigenvalue weighted by molar-refractivity contribution is 6.09. The van der Waals surface area contributed by atoms with Crippen molar-refractivity contribution in [3.63, 3.8) is 0 Å². The number of hydrogen-bond acceptors (Lipinski definition) is 3. The molecule has 3 aromatic rings. The number of pyridine rings is 1. The molecule has 0 amide bonds. The van der Waals surface area contributed by atoms with Gasteiger partial charge >= 0.3 is 0 Å². The maximum atomic E-state index is 12.8. The predicted molar refractivity (Wildman–Crippen MR) is 130 cm³/mol. The standard InChI is InChI=1S/C29H26N2O2/c32-27(24-17-23-11-4-5-12-26(23)28(33)18-24)15-14-25-20-31-19-22(13-16-29(31)30-25)10-6-9-21-7-2-1-3-8-21/h1-5,7-8,11-13,16-20,26H,6,9-10,14-15H2. The van der Waals surface area contributed by atoms with Gasteiger partial charge in [0.2, 0.25) is 0 Å². The van der Waals surface area contributed by atoms with E-state index in [2.05, 4.69) is 41.5 Å². The molecule has 1 atom stereocenters. The molecule has 2 aliphatic carbocycles. The molecular weight excluding hydrogens is 408 g/mol. The second-order valence-corrected chi connectivity index (χ2v) is 8.67.